The van der Waals surface area contributed by atoms with Crippen molar-refractivity contribution in [2.75, 3.05) is 337 Å². The summed E-state index contributed by atoms with van der Waals surface area (Å²) < 4.78 is 135. The standard InChI is InChI=1S/C92H173N5O34/c1-83(99)85(96-88(102)30-29-87(101)93-79-89(103)94-80-90(104)95-81-91(105)97-86(82-98)92(106)107)28-5-3-4-27-84(100)31-74-131-78-77-130-73-26-71-128-69-24-67-126-65-22-63-124-61-20-59-122-57-18-55-120-53-16-51-118-49-14-47-116-45-12-43-114-41-10-39-112-37-8-35-110-33-6-32-109-34-7-36-111-38-9-40-113-42-11-44-115-46-13-48-117-50-15-52-119-54-17-56-121-58-19-60-123-62-21-64-125-66-23-68-127-70-25-72-129-76-75-108-2/h82,85-86H,3-81H2,1-2H3,(H,93,101)(H,94,103)(H,95,104)(H,96,102)(H,97,105)(H,106,107). The third-order valence-electron chi connectivity index (χ3n) is 18.4. The molecule has 0 aliphatic heterocycles. The van der Waals surface area contributed by atoms with E-state index in [4.69, 9.17) is 119 Å². The molecule has 0 bridgehead atoms. The number of hydrogen-bond donors (Lipinski definition) is 6. The van der Waals surface area contributed by atoms with Crippen molar-refractivity contribution in [3.63, 3.8) is 0 Å². The van der Waals surface area contributed by atoms with Crippen LogP contribution in [-0.2, 0) is 157 Å². The van der Waals surface area contributed by atoms with E-state index in [9.17, 15) is 43.2 Å². The van der Waals surface area contributed by atoms with Gasteiger partial charge in [0, 0.05) is 310 Å². The highest BCUT2D eigenvalue weighted by Gasteiger charge is 2.21. The number of methoxy groups -OCH3 is 1. The molecule has 0 aromatic carbocycles. The van der Waals surface area contributed by atoms with E-state index in [2.05, 4.69) is 21.3 Å². The molecule has 0 aliphatic carbocycles. The van der Waals surface area contributed by atoms with E-state index in [0.717, 1.165) is 135 Å². The predicted molar refractivity (Wildman–Crippen MR) is 487 cm³/mol. The van der Waals surface area contributed by atoms with Crippen LogP contribution in [0.2, 0.25) is 0 Å². The van der Waals surface area contributed by atoms with Gasteiger partial charge in [0.25, 0.3) is 0 Å². The topological polar surface area (TPSA) is 456 Å². The molecule has 0 saturated heterocycles. The van der Waals surface area contributed by atoms with E-state index < -0.39 is 67.2 Å². The molecule has 2 unspecified atom stereocenters. The van der Waals surface area contributed by atoms with Crippen LogP contribution in [0.15, 0.2) is 0 Å². The van der Waals surface area contributed by atoms with Crippen LogP contribution in [0, 0.1) is 0 Å². The van der Waals surface area contributed by atoms with Crippen LogP contribution in [0.5, 0.6) is 0 Å². The Kier molecular flexibility index (Phi) is 103. The maximum Gasteiger partial charge on any atom is 0.333 e. The molecular weight excluding hydrogens is 1720 g/mol. The average molecular weight is 1890 g/mol. The number of rotatable bonds is 113. The number of aldehydes is 1. The average Bonchev–Trinajstić information content (AvgIpc) is 0.931. The van der Waals surface area contributed by atoms with Crippen LogP contribution in [0.4, 0.5) is 0 Å². The largest absolute Gasteiger partial charge is 0.479 e. The van der Waals surface area contributed by atoms with Gasteiger partial charge in [0.15, 0.2) is 18.1 Å². The summed E-state index contributed by atoms with van der Waals surface area (Å²) in [5.41, 5.74) is 0. The van der Waals surface area contributed by atoms with E-state index in [1.807, 2.05) is 5.32 Å². The Balaban J connectivity index is 3.27. The summed E-state index contributed by atoms with van der Waals surface area (Å²) in [6, 6.07) is -2.53. The Bertz CT molecular complexity index is 2530. The molecule has 0 fully saturated rings. The van der Waals surface area contributed by atoms with Crippen molar-refractivity contribution in [3.8, 4) is 0 Å². The summed E-state index contributed by atoms with van der Waals surface area (Å²) >= 11 is 0. The van der Waals surface area contributed by atoms with Gasteiger partial charge in [-0.25, -0.2) is 4.79 Å². The highest BCUT2D eigenvalue weighted by Crippen LogP contribution is 2.10. The monoisotopic (exact) mass is 1890 g/mol. The van der Waals surface area contributed by atoms with Gasteiger partial charge in [-0.15, -0.1) is 0 Å². The number of Topliss-reactive ketones (excluding diaryl/α,β-unsaturated/α-hetero) is 2. The number of carboxylic acids is 1. The van der Waals surface area contributed by atoms with Gasteiger partial charge in [-0.05, 0) is 155 Å². The van der Waals surface area contributed by atoms with Crippen molar-refractivity contribution in [3.05, 3.63) is 0 Å². The highest BCUT2D eigenvalue weighted by atomic mass is 16.6. The lowest BCUT2D eigenvalue weighted by Crippen LogP contribution is -2.48. The molecule has 0 saturated carbocycles. The molecule has 6 N–H and O–H groups in total. The number of hydrogen-bond acceptors (Lipinski definition) is 33. The van der Waals surface area contributed by atoms with Gasteiger partial charge < -0.3 is 150 Å². The normalized spacial score (nSPS) is 11.9. The van der Waals surface area contributed by atoms with Crippen LogP contribution in [-0.4, -0.2) is 408 Å². The number of aliphatic carboxylic acids is 1. The first-order valence-corrected chi connectivity index (χ1v) is 48.3. The van der Waals surface area contributed by atoms with Gasteiger partial charge in [-0.2, -0.15) is 0 Å². The Labute approximate surface area is 781 Å². The number of carbonyl (C=O) groups excluding carboxylic acids is 8. The van der Waals surface area contributed by atoms with Gasteiger partial charge in [-0.1, -0.05) is 12.8 Å². The molecule has 0 radical (unpaired) electrons. The second kappa shape index (κ2) is 107. The first-order valence-electron chi connectivity index (χ1n) is 48.3. The Morgan fingerprint density at radius 2 is 0.443 bits per heavy atom. The second-order valence-corrected chi connectivity index (χ2v) is 30.5. The molecule has 0 aliphatic rings. The van der Waals surface area contributed by atoms with Crippen molar-refractivity contribution in [1.82, 2.24) is 26.6 Å². The lowest BCUT2D eigenvalue weighted by molar-refractivity contribution is -0.143. The van der Waals surface area contributed by atoms with Crippen LogP contribution >= 0.6 is 0 Å². The minimum Gasteiger partial charge on any atom is -0.479 e. The quantitative estimate of drug-likeness (QED) is 0.0228. The zero-order valence-corrected chi connectivity index (χ0v) is 80.0. The van der Waals surface area contributed by atoms with Gasteiger partial charge in [0.1, 0.15) is 5.78 Å². The summed E-state index contributed by atoms with van der Waals surface area (Å²) in [5, 5.41) is 19.9. The van der Waals surface area contributed by atoms with Crippen LogP contribution in [0.3, 0.4) is 0 Å². The van der Waals surface area contributed by atoms with E-state index >= 15 is 0 Å². The lowest BCUT2D eigenvalue weighted by atomic mass is 10.0. The molecular formula is C92H173N5O34. The van der Waals surface area contributed by atoms with Crippen LogP contribution in [0.25, 0.3) is 0 Å². The van der Waals surface area contributed by atoms with E-state index in [1.165, 1.54) is 6.92 Å². The van der Waals surface area contributed by atoms with Gasteiger partial charge in [-0.3, -0.25) is 33.6 Å². The highest BCUT2D eigenvalue weighted by molar-refractivity contribution is 5.97. The molecule has 0 rings (SSSR count). The Morgan fingerprint density at radius 1 is 0.229 bits per heavy atom. The number of carboxylic acid groups (broad SMARTS) is 1. The number of unbranched alkanes of at least 4 members (excludes halogenated alkanes) is 2. The minimum absolute atomic E-state index is 0.00764. The molecule has 0 spiro atoms. The van der Waals surface area contributed by atoms with Crippen LogP contribution in [0.1, 0.15) is 193 Å². The maximum absolute atomic E-state index is 12.5. The Morgan fingerprint density at radius 3 is 0.672 bits per heavy atom. The molecule has 5 amide bonds. The summed E-state index contributed by atoms with van der Waals surface area (Å²) in [7, 11) is 1.67. The number of ether oxygens (including phenoxy) is 24. The van der Waals surface area contributed by atoms with Crippen molar-refractivity contribution < 1.29 is 162 Å². The van der Waals surface area contributed by atoms with Crippen LogP contribution < -0.4 is 26.6 Å². The number of amides is 5. The first-order chi connectivity index (χ1) is 64.4. The van der Waals surface area contributed by atoms with E-state index in [1.54, 1.807) is 7.11 Å². The molecule has 770 valence electrons. The Hall–Kier alpha value is -5.13. The predicted octanol–water partition coefficient (Wildman–Crippen LogP) is 6.09. The number of ketones is 2. The van der Waals surface area contributed by atoms with Crippen molar-refractivity contribution in [2.24, 2.45) is 0 Å². The zero-order valence-electron chi connectivity index (χ0n) is 80.0. The fourth-order valence-corrected chi connectivity index (χ4v) is 11.3. The molecule has 2 atom stereocenters. The molecule has 131 heavy (non-hydrogen) atoms. The summed E-state index contributed by atoms with van der Waals surface area (Å²) in [6.45, 7) is 30.2. The first kappa shape index (κ1) is 126. The van der Waals surface area contributed by atoms with Gasteiger partial charge in [0.2, 0.25) is 29.5 Å². The number of nitrogens with one attached hydrogen (secondary N) is 5. The minimum atomic E-state index is -1.77. The summed E-state index contributed by atoms with van der Waals surface area (Å²) in [5.74, 6) is -5.41. The van der Waals surface area contributed by atoms with Gasteiger partial charge >= 0.3 is 5.97 Å². The second-order valence-electron chi connectivity index (χ2n) is 30.5. The maximum atomic E-state index is 12.5. The van der Waals surface area contributed by atoms with E-state index in [-0.39, 0.29) is 37.1 Å². The summed E-state index contributed by atoms with van der Waals surface area (Å²) in [6.07, 6.45) is 20.4. The molecule has 0 aromatic heterocycles. The van der Waals surface area contributed by atoms with Crippen molar-refractivity contribution >= 4 is 53.4 Å². The zero-order chi connectivity index (χ0) is 94.8. The molecule has 0 aromatic rings. The third-order valence-corrected chi connectivity index (χ3v) is 18.4. The third kappa shape index (κ3) is 104. The van der Waals surface area contributed by atoms with E-state index in [0.29, 0.717) is 343 Å². The SMILES string of the molecule is COCCOCCCOCCCOCCCOCCCOCCCOCCCOCCCOCCCOCCCOCCCOCCCOCCCOCCCOCCCOCCCOCCCOCCCOCCCOCCCOCCCOCCCOCCOCCC(=O)CCCCCC(NC(=O)CCC(=O)NCC(=O)NCC(=O)NCC(=O)NC(C=O)C(=O)O)C(C)=O. The fraction of sp³-hybridized carbons (Fsp3) is 0.902. The smallest absolute Gasteiger partial charge is 0.333 e. The van der Waals surface area contributed by atoms with Crippen molar-refractivity contribution in [2.45, 2.75) is 205 Å². The number of carbonyl (C=O) groups is 9. The molecule has 39 heteroatoms. The van der Waals surface area contributed by atoms with Crippen molar-refractivity contribution in [1.29, 1.82) is 0 Å². The molecule has 39 nitrogen and oxygen atoms in total. The lowest BCUT2D eigenvalue weighted by Gasteiger charge is -2.16. The fourth-order valence-electron chi connectivity index (χ4n) is 11.3. The van der Waals surface area contributed by atoms with Gasteiger partial charge in [0.05, 0.1) is 58.7 Å². The summed E-state index contributed by atoms with van der Waals surface area (Å²) in [4.78, 5) is 106. The molecule has 0 heterocycles.